The topological polar surface area (TPSA) is 6.48 Å². The highest BCUT2D eigenvalue weighted by atomic mass is 15.4. The van der Waals surface area contributed by atoms with Gasteiger partial charge in [0.2, 0.25) is 0 Å². The average molecular weight is 463 g/mol. The molecule has 2 nitrogen and oxygen atoms in total. The van der Waals surface area contributed by atoms with E-state index in [-0.39, 0.29) is 0 Å². The molecular formula is C31H62N2. The minimum Gasteiger partial charge on any atom is -0.356 e. The maximum absolute atomic E-state index is 2.68. The summed E-state index contributed by atoms with van der Waals surface area (Å²) in [6.07, 6.45) is 38.0. The fourth-order valence-corrected chi connectivity index (χ4v) is 5.30. The second-order valence-corrected chi connectivity index (χ2v) is 10.8. The van der Waals surface area contributed by atoms with Gasteiger partial charge in [-0.3, -0.25) is 0 Å². The minimum atomic E-state index is 0.644. The summed E-state index contributed by atoms with van der Waals surface area (Å²) in [7, 11) is 0. The van der Waals surface area contributed by atoms with Gasteiger partial charge in [0.1, 0.15) is 6.17 Å². The lowest BCUT2D eigenvalue weighted by molar-refractivity contribution is 0.135. The van der Waals surface area contributed by atoms with E-state index in [2.05, 4.69) is 43.0 Å². The monoisotopic (exact) mass is 462 g/mol. The summed E-state index contributed by atoms with van der Waals surface area (Å²) >= 11 is 0. The molecule has 0 aromatic heterocycles. The molecule has 1 aliphatic rings. The van der Waals surface area contributed by atoms with E-state index >= 15 is 0 Å². The first-order valence-electron chi connectivity index (χ1n) is 15.5. The molecule has 0 aromatic rings. The van der Waals surface area contributed by atoms with Crippen LogP contribution in [0.4, 0.5) is 0 Å². The Morgan fingerprint density at radius 3 is 1.09 bits per heavy atom. The fraction of sp³-hybridized carbons (Fsp3) is 0.935. The van der Waals surface area contributed by atoms with Gasteiger partial charge in [-0.2, -0.15) is 0 Å². The summed E-state index contributed by atoms with van der Waals surface area (Å²) in [5, 5.41) is 0. The molecule has 0 fully saturated rings. The zero-order chi connectivity index (χ0) is 23.8. The van der Waals surface area contributed by atoms with Gasteiger partial charge >= 0.3 is 0 Å². The van der Waals surface area contributed by atoms with Crippen LogP contribution in [0.3, 0.4) is 0 Å². The van der Waals surface area contributed by atoms with Crippen molar-refractivity contribution in [3.8, 4) is 0 Å². The zero-order valence-electron chi connectivity index (χ0n) is 23.3. The fourth-order valence-electron chi connectivity index (χ4n) is 5.30. The first-order valence-corrected chi connectivity index (χ1v) is 15.5. The molecule has 0 amide bonds. The van der Waals surface area contributed by atoms with Gasteiger partial charge in [-0.15, -0.1) is 0 Å². The molecule has 0 bridgehead atoms. The summed E-state index contributed by atoms with van der Waals surface area (Å²) in [4.78, 5) is 5.35. The second kappa shape index (κ2) is 23.1. The lowest BCUT2D eigenvalue weighted by Crippen LogP contribution is -2.39. The van der Waals surface area contributed by atoms with Crippen LogP contribution in [0.5, 0.6) is 0 Å². The second-order valence-electron chi connectivity index (χ2n) is 10.8. The Morgan fingerprint density at radius 2 is 0.697 bits per heavy atom. The number of unbranched alkanes of at least 4 members (excludes halogenated alkanes) is 19. The van der Waals surface area contributed by atoms with Crippen molar-refractivity contribution in [3.63, 3.8) is 0 Å². The molecule has 0 saturated heterocycles. The molecule has 1 aliphatic heterocycles. The molecule has 1 atom stereocenters. The third-order valence-electron chi connectivity index (χ3n) is 7.57. The normalized spacial score (nSPS) is 15.8. The Bertz CT molecular complexity index is 419. The summed E-state index contributed by atoms with van der Waals surface area (Å²) in [5.41, 5.74) is 0. The van der Waals surface area contributed by atoms with Crippen molar-refractivity contribution in [3.05, 3.63) is 12.4 Å². The first kappa shape index (κ1) is 30.4. The highest BCUT2D eigenvalue weighted by Crippen LogP contribution is 2.24. The van der Waals surface area contributed by atoms with Crippen LogP contribution in [0.2, 0.25) is 0 Å². The molecule has 0 N–H and O–H groups in total. The van der Waals surface area contributed by atoms with E-state index in [0.29, 0.717) is 6.17 Å². The molecule has 0 saturated carbocycles. The summed E-state index contributed by atoms with van der Waals surface area (Å²) < 4.78 is 0. The molecular weight excluding hydrogens is 400 g/mol. The molecule has 2 heteroatoms. The van der Waals surface area contributed by atoms with E-state index in [4.69, 9.17) is 0 Å². The molecule has 1 rings (SSSR count). The van der Waals surface area contributed by atoms with Crippen molar-refractivity contribution in [2.75, 3.05) is 13.1 Å². The summed E-state index contributed by atoms with van der Waals surface area (Å²) in [6, 6.07) is 0. The quantitative estimate of drug-likeness (QED) is 0.124. The van der Waals surface area contributed by atoms with Gasteiger partial charge in [0, 0.05) is 25.5 Å². The predicted octanol–water partition coefficient (Wildman–Crippen LogP) is 10.4. The Morgan fingerprint density at radius 1 is 0.394 bits per heavy atom. The third kappa shape index (κ3) is 16.6. The summed E-state index contributed by atoms with van der Waals surface area (Å²) in [5.74, 6) is 0. The van der Waals surface area contributed by atoms with Gasteiger partial charge in [0.25, 0.3) is 0 Å². The Hall–Kier alpha value is -0.660. The molecule has 0 spiro atoms. The summed E-state index contributed by atoms with van der Waals surface area (Å²) in [6.45, 7) is 9.45. The van der Waals surface area contributed by atoms with E-state index in [9.17, 15) is 0 Å². The molecule has 1 heterocycles. The molecule has 0 aliphatic carbocycles. The molecule has 0 radical (unpaired) electrons. The van der Waals surface area contributed by atoms with Gasteiger partial charge in [0.15, 0.2) is 0 Å². The van der Waals surface area contributed by atoms with E-state index in [0.717, 1.165) is 0 Å². The van der Waals surface area contributed by atoms with Crippen LogP contribution in [0.1, 0.15) is 168 Å². The van der Waals surface area contributed by atoms with Crippen LogP contribution in [-0.2, 0) is 0 Å². The van der Waals surface area contributed by atoms with Crippen LogP contribution in [-0.4, -0.2) is 29.1 Å². The van der Waals surface area contributed by atoms with Crippen molar-refractivity contribution in [1.82, 2.24) is 9.80 Å². The Balaban J connectivity index is 2.18. The van der Waals surface area contributed by atoms with Crippen molar-refractivity contribution >= 4 is 0 Å². The highest BCUT2D eigenvalue weighted by Gasteiger charge is 2.24. The number of nitrogens with zero attached hydrogens (tertiary/aromatic N) is 2. The maximum Gasteiger partial charge on any atom is 0.101 e. The van der Waals surface area contributed by atoms with Crippen LogP contribution >= 0.6 is 0 Å². The van der Waals surface area contributed by atoms with Gasteiger partial charge < -0.3 is 9.80 Å². The zero-order valence-corrected chi connectivity index (χ0v) is 23.3. The van der Waals surface area contributed by atoms with E-state index in [1.54, 1.807) is 0 Å². The minimum absolute atomic E-state index is 0.644. The van der Waals surface area contributed by atoms with Crippen molar-refractivity contribution < 1.29 is 0 Å². The Kier molecular flexibility index (Phi) is 21.3. The number of hydrogen-bond acceptors (Lipinski definition) is 2. The largest absolute Gasteiger partial charge is 0.356 e. The van der Waals surface area contributed by atoms with Crippen LogP contribution in [0.25, 0.3) is 0 Å². The van der Waals surface area contributed by atoms with E-state index < -0.39 is 0 Å². The highest BCUT2D eigenvalue weighted by molar-refractivity contribution is 4.97. The van der Waals surface area contributed by atoms with Crippen molar-refractivity contribution in [2.24, 2.45) is 0 Å². The van der Waals surface area contributed by atoms with Gasteiger partial charge in [-0.25, -0.2) is 0 Å². The third-order valence-corrected chi connectivity index (χ3v) is 7.57. The van der Waals surface area contributed by atoms with Gasteiger partial charge in [-0.1, -0.05) is 143 Å². The van der Waals surface area contributed by atoms with Crippen LogP contribution in [0, 0.1) is 0 Å². The maximum atomic E-state index is 2.68. The standard InChI is InChI=1S/C31H62N2/c1-4-7-10-13-15-16-17-18-19-20-21-23-26-31-32(27-24-12-9-6-3)29-30-33(31)28-25-22-14-11-8-5-2/h29-31H,4-28H2,1-3H3. The van der Waals surface area contributed by atoms with E-state index in [1.807, 2.05) is 0 Å². The SMILES string of the molecule is CCCCCCCCCCCCCCC1N(CCCCCC)C=CN1CCCCCCCC. The molecule has 0 aromatic carbocycles. The smallest absolute Gasteiger partial charge is 0.101 e. The van der Waals surface area contributed by atoms with Gasteiger partial charge in [-0.05, 0) is 25.7 Å². The van der Waals surface area contributed by atoms with Crippen LogP contribution in [0.15, 0.2) is 12.4 Å². The van der Waals surface area contributed by atoms with E-state index in [1.165, 1.54) is 161 Å². The van der Waals surface area contributed by atoms with Gasteiger partial charge in [0.05, 0.1) is 0 Å². The number of hydrogen-bond donors (Lipinski definition) is 0. The molecule has 1 unspecified atom stereocenters. The Labute approximate surface area is 210 Å². The lowest BCUT2D eigenvalue weighted by atomic mass is 10.0. The molecule has 33 heavy (non-hydrogen) atoms. The first-order chi connectivity index (χ1) is 16.3. The number of rotatable bonds is 25. The lowest BCUT2D eigenvalue weighted by Gasteiger charge is -2.33. The molecule has 196 valence electrons. The van der Waals surface area contributed by atoms with Crippen molar-refractivity contribution in [1.29, 1.82) is 0 Å². The predicted molar refractivity (Wildman–Crippen MR) is 150 cm³/mol. The average Bonchev–Trinajstić information content (AvgIpc) is 3.21. The van der Waals surface area contributed by atoms with Crippen LogP contribution < -0.4 is 0 Å². The van der Waals surface area contributed by atoms with Crippen molar-refractivity contribution in [2.45, 2.75) is 175 Å².